The maximum absolute atomic E-state index is 10.1. The summed E-state index contributed by atoms with van der Waals surface area (Å²) in [5.74, 6) is 1.38. The van der Waals surface area contributed by atoms with Crippen LogP contribution in [0, 0.1) is 17.8 Å². The van der Waals surface area contributed by atoms with Crippen molar-refractivity contribution in [3.05, 3.63) is 0 Å². The van der Waals surface area contributed by atoms with Gasteiger partial charge in [0, 0.05) is 12.5 Å². The van der Waals surface area contributed by atoms with Crippen molar-refractivity contribution in [3.63, 3.8) is 0 Å². The van der Waals surface area contributed by atoms with Gasteiger partial charge in [0.15, 0.2) is 0 Å². The summed E-state index contributed by atoms with van der Waals surface area (Å²) in [6.07, 6.45) is 5.65. The van der Waals surface area contributed by atoms with Crippen LogP contribution in [0.4, 0.5) is 0 Å². The van der Waals surface area contributed by atoms with Gasteiger partial charge in [0.2, 0.25) is 0 Å². The average molecular weight is 214 g/mol. The van der Waals surface area contributed by atoms with Gasteiger partial charge in [-0.1, -0.05) is 33.1 Å². The van der Waals surface area contributed by atoms with E-state index in [1.807, 2.05) is 6.92 Å². The fourth-order valence-electron chi connectivity index (χ4n) is 2.87. The molecule has 15 heavy (non-hydrogen) atoms. The first kappa shape index (κ1) is 13.0. The minimum atomic E-state index is -0.639. The number of aliphatic hydroxyl groups is 2. The van der Waals surface area contributed by atoms with Crippen LogP contribution in [0.25, 0.3) is 0 Å². The molecule has 1 aliphatic rings. The highest BCUT2D eigenvalue weighted by Crippen LogP contribution is 2.43. The van der Waals surface area contributed by atoms with Gasteiger partial charge < -0.3 is 10.2 Å². The second kappa shape index (κ2) is 5.31. The van der Waals surface area contributed by atoms with Crippen molar-refractivity contribution in [2.45, 2.75) is 58.5 Å². The Morgan fingerprint density at radius 1 is 1.47 bits per heavy atom. The molecule has 2 N–H and O–H groups in total. The Kier molecular flexibility index (Phi) is 4.60. The molecule has 1 saturated carbocycles. The molecular formula is C13H26O2. The topological polar surface area (TPSA) is 40.5 Å². The van der Waals surface area contributed by atoms with E-state index in [2.05, 4.69) is 13.8 Å². The molecule has 0 aliphatic heterocycles. The predicted molar refractivity (Wildman–Crippen MR) is 62.6 cm³/mol. The van der Waals surface area contributed by atoms with Gasteiger partial charge in [-0.25, -0.2) is 0 Å². The predicted octanol–water partition coefficient (Wildman–Crippen LogP) is 2.58. The average Bonchev–Trinajstić information content (AvgIpc) is 2.50. The lowest BCUT2D eigenvalue weighted by atomic mass is 9.87. The third-order valence-electron chi connectivity index (χ3n) is 4.18. The van der Waals surface area contributed by atoms with Gasteiger partial charge in [-0.05, 0) is 31.6 Å². The first-order valence-corrected chi connectivity index (χ1v) is 6.34. The van der Waals surface area contributed by atoms with Gasteiger partial charge in [-0.15, -0.1) is 0 Å². The van der Waals surface area contributed by atoms with Crippen LogP contribution in [0.1, 0.15) is 52.9 Å². The monoisotopic (exact) mass is 214 g/mol. The summed E-state index contributed by atoms with van der Waals surface area (Å²) in [4.78, 5) is 0. The van der Waals surface area contributed by atoms with E-state index in [4.69, 9.17) is 0 Å². The molecule has 1 aliphatic carbocycles. The van der Waals surface area contributed by atoms with E-state index in [9.17, 15) is 10.2 Å². The molecule has 1 fully saturated rings. The zero-order valence-electron chi connectivity index (χ0n) is 10.4. The van der Waals surface area contributed by atoms with Crippen molar-refractivity contribution in [3.8, 4) is 0 Å². The molecule has 0 bridgehead atoms. The molecular weight excluding hydrogens is 188 g/mol. The first-order chi connectivity index (χ1) is 7.01. The summed E-state index contributed by atoms with van der Waals surface area (Å²) in [6.45, 7) is 6.51. The number of hydrogen-bond acceptors (Lipinski definition) is 2. The highest BCUT2D eigenvalue weighted by Gasteiger charge is 2.43. The Morgan fingerprint density at radius 3 is 2.60 bits per heavy atom. The number of hydrogen-bond donors (Lipinski definition) is 2. The fraction of sp³-hybridized carbons (Fsp3) is 1.00. The van der Waals surface area contributed by atoms with Crippen LogP contribution in [-0.2, 0) is 0 Å². The Balaban J connectivity index is 2.46. The van der Waals surface area contributed by atoms with E-state index >= 15 is 0 Å². The second-order valence-corrected chi connectivity index (χ2v) is 5.56. The Labute approximate surface area is 93.7 Å². The van der Waals surface area contributed by atoms with Gasteiger partial charge in [0.1, 0.15) is 0 Å². The zero-order valence-corrected chi connectivity index (χ0v) is 10.4. The standard InChI is InChI=1S/C13H26O2/c1-4-5-6-10(2)11-7-12(9-14)13(3,15)8-11/h10-12,14-15H,4-9H2,1-3H3/t10?,11?,12?,13-/m0/s1. The summed E-state index contributed by atoms with van der Waals surface area (Å²) in [5, 5.41) is 19.4. The van der Waals surface area contributed by atoms with E-state index < -0.39 is 5.60 Å². The summed E-state index contributed by atoms with van der Waals surface area (Å²) >= 11 is 0. The number of rotatable bonds is 5. The molecule has 3 unspecified atom stereocenters. The molecule has 0 saturated heterocycles. The van der Waals surface area contributed by atoms with Crippen LogP contribution in [0.3, 0.4) is 0 Å². The van der Waals surface area contributed by atoms with Crippen molar-refractivity contribution in [2.75, 3.05) is 6.61 Å². The van der Waals surface area contributed by atoms with E-state index in [0.29, 0.717) is 11.8 Å². The van der Waals surface area contributed by atoms with E-state index in [-0.39, 0.29) is 12.5 Å². The third-order valence-corrected chi connectivity index (χ3v) is 4.18. The molecule has 0 radical (unpaired) electrons. The summed E-state index contributed by atoms with van der Waals surface area (Å²) in [5.41, 5.74) is -0.639. The van der Waals surface area contributed by atoms with Crippen LogP contribution in [0.2, 0.25) is 0 Å². The molecule has 2 heteroatoms. The van der Waals surface area contributed by atoms with Crippen molar-refractivity contribution in [1.82, 2.24) is 0 Å². The Hall–Kier alpha value is -0.0800. The van der Waals surface area contributed by atoms with Crippen LogP contribution in [0.15, 0.2) is 0 Å². The SMILES string of the molecule is CCCCC(C)C1CC(CO)[C@@](C)(O)C1. The van der Waals surface area contributed by atoms with Crippen LogP contribution in [-0.4, -0.2) is 22.4 Å². The smallest absolute Gasteiger partial charge is 0.0672 e. The molecule has 0 heterocycles. The maximum atomic E-state index is 10.1. The van der Waals surface area contributed by atoms with E-state index in [1.54, 1.807) is 0 Å². The van der Waals surface area contributed by atoms with Gasteiger partial charge in [0.25, 0.3) is 0 Å². The molecule has 1 rings (SSSR count). The fourth-order valence-corrected chi connectivity index (χ4v) is 2.87. The lowest BCUT2D eigenvalue weighted by Gasteiger charge is -2.23. The Bertz CT molecular complexity index is 189. The van der Waals surface area contributed by atoms with Gasteiger partial charge >= 0.3 is 0 Å². The molecule has 0 amide bonds. The lowest BCUT2D eigenvalue weighted by Crippen LogP contribution is -2.31. The van der Waals surface area contributed by atoms with E-state index in [0.717, 1.165) is 12.8 Å². The first-order valence-electron chi connectivity index (χ1n) is 6.34. The highest BCUT2D eigenvalue weighted by molar-refractivity contribution is 4.94. The number of unbranched alkanes of at least 4 members (excludes halogenated alkanes) is 1. The molecule has 0 aromatic heterocycles. The normalized spacial score (nSPS) is 38.2. The lowest BCUT2D eigenvalue weighted by molar-refractivity contribution is -0.00347. The number of aliphatic hydroxyl groups excluding tert-OH is 1. The maximum Gasteiger partial charge on any atom is 0.0672 e. The zero-order chi connectivity index (χ0) is 11.5. The third kappa shape index (κ3) is 3.18. The van der Waals surface area contributed by atoms with Crippen molar-refractivity contribution in [1.29, 1.82) is 0 Å². The molecule has 0 aromatic rings. The largest absolute Gasteiger partial charge is 0.396 e. The highest BCUT2D eigenvalue weighted by atomic mass is 16.3. The summed E-state index contributed by atoms with van der Waals surface area (Å²) < 4.78 is 0. The van der Waals surface area contributed by atoms with Crippen LogP contribution < -0.4 is 0 Å². The minimum absolute atomic E-state index is 0.0894. The Morgan fingerprint density at radius 2 is 2.13 bits per heavy atom. The van der Waals surface area contributed by atoms with Crippen LogP contribution >= 0.6 is 0 Å². The van der Waals surface area contributed by atoms with Crippen molar-refractivity contribution >= 4 is 0 Å². The molecule has 90 valence electrons. The summed E-state index contributed by atoms with van der Waals surface area (Å²) in [6, 6.07) is 0. The van der Waals surface area contributed by atoms with Crippen molar-refractivity contribution < 1.29 is 10.2 Å². The van der Waals surface area contributed by atoms with Gasteiger partial charge in [-0.2, -0.15) is 0 Å². The van der Waals surface area contributed by atoms with Crippen LogP contribution in [0.5, 0.6) is 0 Å². The molecule has 4 atom stereocenters. The molecule has 0 spiro atoms. The molecule has 0 aromatic carbocycles. The summed E-state index contributed by atoms with van der Waals surface area (Å²) in [7, 11) is 0. The minimum Gasteiger partial charge on any atom is -0.396 e. The van der Waals surface area contributed by atoms with Gasteiger partial charge in [0.05, 0.1) is 5.60 Å². The van der Waals surface area contributed by atoms with Crippen molar-refractivity contribution in [2.24, 2.45) is 17.8 Å². The van der Waals surface area contributed by atoms with Gasteiger partial charge in [-0.3, -0.25) is 0 Å². The molecule has 2 nitrogen and oxygen atoms in total. The second-order valence-electron chi connectivity index (χ2n) is 5.56. The quantitative estimate of drug-likeness (QED) is 0.738. The van der Waals surface area contributed by atoms with E-state index in [1.165, 1.54) is 19.3 Å².